The van der Waals surface area contributed by atoms with E-state index in [4.69, 9.17) is 0 Å². The average molecular weight is 142 g/mol. The molecule has 0 aromatic heterocycles. The molecule has 0 radical (unpaired) electrons. The topological polar surface area (TPSA) is 48.1 Å². The maximum atomic E-state index is 3.38. The van der Waals surface area contributed by atoms with Gasteiger partial charge in [-0.2, -0.15) is 0 Å². The van der Waals surface area contributed by atoms with Crippen LogP contribution in [0.5, 0.6) is 0 Å². The molecule has 2 heterocycles. The van der Waals surface area contributed by atoms with Crippen LogP contribution in [0.3, 0.4) is 0 Å². The fraction of sp³-hybridized carbons (Fsp3) is 1.00. The molecule has 2 fully saturated rings. The van der Waals surface area contributed by atoms with Crippen molar-refractivity contribution in [3.05, 3.63) is 0 Å². The molecule has 4 heteroatoms. The van der Waals surface area contributed by atoms with Gasteiger partial charge in [0.2, 0.25) is 0 Å². The number of nitrogens with one attached hydrogen (secondary N) is 4. The summed E-state index contributed by atoms with van der Waals surface area (Å²) in [4.78, 5) is 0. The van der Waals surface area contributed by atoms with Gasteiger partial charge in [-0.05, 0) is 0 Å². The second-order valence-corrected chi connectivity index (χ2v) is 2.77. The van der Waals surface area contributed by atoms with E-state index in [9.17, 15) is 0 Å². The van der Waals surface area contributed by atoms with Crippen LogP contribution >= 0.6 is 0 Å². The van der Waals surface area contributed by atoms with Gasteiger partial charge >= 0.3 is 0 Å². The third-order valence-electron chi connectivity index (χ3n) is 2.04. The van der Waals surface area contributed by atoms with Crippen LogP contribution in [0.2, 0.25) is 0 Å². The molecule has 4 nitrogen and oxygen atoms in total. The normalized spacial score (nSPS) is 40.8. The molecule has 58 valence electrons. The highest BCUT2D eigenvalue weighted by Crippen LogP contribution is 1.94. The molecule has 10 heavy (non-hydrogen) atoms. The first-order chi connectivity index (χ1) is 4.97. The van der Waals surface area contributed by atoms with E-state index < -0.39 is 0 Å². The minimum absolute atomic E-state index is 0.433. The van der Waals surface area contributed by atoms with Crippen LogP contribution in [0.25, 0.3) is 0 Å². The van der Waals surface area contributed by atoms with Crippen molar-refractivity contribution in [1.82, 2.24) is 21.3 Å². The van der Waals surface area contributed by atoms with Crippen LogP contribution in [0, 0.1) is 0 Å². The van der Waals surface area contributed by atoms with Crippen molar-refractivity contribution < 1.29 is 0 Å². The fourth-order valence-corrected chi connectivity index (χ4v) is 1.53. The molecule has 2 saturated heterocycles. The summed E-state index contributed by atoms with van der Waals surface area (Å²) in [5.41, 5.74) is 0. The highest BCUT2D eigenvalue weighted by Gasteiger charge is 2.25. The molecule has 0 aliphatic carbocycles. The van der Waals surface area contributed by atoms with Gasteiger partial charge in [0.15, 0.2) is 0 Å². The maximum absolute atomic E-state index is 3.38. The van der Waals surface area contributed by atoms with Gasteiger partial charge in [-0.25, -0.2) is 0 Å². The lowest BCUT2D eigenvalue weighted by Gasteiger charge is -2.38. The van der Waals surface area contributed by atoms with Gasteiger partial charge in [0.25, 0.3) is 0 Å². The first-order valence-corrected chi connectivity index (χ1v) is 3.90. The summed E-state index contributed by atoms with van der Waals surface area (Å²) in [7, 11) is 0. The maximum Gasteiger partial charge on any atom is 0.0867 e. The smallest absolute Gasteiger partial charge is 0.0867 e. The zero-order chi connectivity index (χ0) is 6.81. The molecular formula is C6H14N4. The predicted molar refractivity (Wildman–Crippen MR) is 39.6 cm³/mol. The van der Waals surface area contributed by atoms with E-state index in [2.05, 4.69) is 21.3 Å². The minimum atomic E-state index is 0.433. The molecule has 2 aliphatic rings. The van der Waals surface area contributed by atoms with Crippen LogP contribution < -0.4 is 21.3 Å². The lowest BCUT2D eigenvalue weighted by Crippen LogP contribution is -2.71. The van der Waals surface area contributed by atoms with E-state index in [0.29, 0.717) is 12.3 Å². The summed E-state index contributed by atoms with van der Waals surface area (Å²) in [6.45, 7) is 4.26. The number of piperazine rings is 2. The standard InChI is InChI=1S/C6H14N4/c1-2-8-6-5(7-1)9-3-4-10-6/h5-10H,1-4H2/t5-,6-. The Morgan fingerprint density at radius 3 is 1.20 bits per heavy atom. The Morgan fingerprint density at radius 2 is 0.900 bits per heavy atom. The van der Waals surface area contributed by atoms with Crippen LogP contribution in [0.4, 0.5) is 0 Å². The molecule has 2 rings (SSSR count). The highest BCUT2D eigenvalue weighted by molar-refractivity contribution is 4.86. The van der Waals surface area contributed by atoms with Gasteiger partial charge < -0.3 is 0 Å². The molecule has 0 bridgehead atoms. The van der Waals surface area contributed by atoms with Crippen molar-refractivity contribution in [2.75, 3.05) is 26.2 Å². The Labute approximate surface area is 60.8 Å². The van der Waals surface area contributed by atoms with E-state index in [-0.39, 0.29) is 0 Å². The van der Waals surface area contributed by atoms with Crippen molar-refractivity contribution in [3.63, 3.8) is 0 Å². The summed E-state index contributed by atoms with van der Waals surface area (Å²) in [5.74, 6) is 0. The van der Waals surface area contributed by atoms with Gasteiger partial charge in [0.05, 0.1) is 12.3 Å². The lowest BCUT2D eigenvalue weighted by molar-refractivity contribution is 0.211. The number of fused-ring (bicyclic) bond motifs is 1. The largest absolute Gasteiger partial charge is 0.298 e. The minimum Gasteiger partial charge on any atom is -0.298 e. The van der Waals surface area contributed by atoms with Crippen molar-refractivity contribution in [2.24, 2.45) is 0 Å². The Hall–Kier alpha value is -0.160. The van der Waals surface area contributed by atoms with E-state index in [0.717, 1.165) is 26.2 Å². The first-order valence-electron chi connectivity index (χ1n) is 3.90. The lowest BCUT2D eigenvalue weighted by atomic mass is 10.2. The molecule has 0 aromatic carbocycles. The summed E-state index contributed by atoms with van der Waals surface area (Å²) in [6, 6.07) is 0. The van der Waals surface area contributed by atoms with Crippen LogP contribution in [-0.4, -0.2) is 38.5 Å². The predicted octanol–water partition coefficient (Wildman–Crippen LogP) is -1.98. The molecule has 0 amide bonds. The zero-order valence-electron chi connectivity index (χ0n) is 5.98. The van der Waals surface area contributed by atoms with E-state index >= 15 is 0 Å². The van der Waals surface area contributed by atoms with Crippen LogP contribution in [0.15, 0.2) is 0 Å². The van der Waals surface area contributed by atoms with E-state index in [1.807, 2.05) is 0 Å². The van der Waals surface area contributed by atoms with Crippen molar-refractivity contribution in [1.29, 1.82) is 0 Å². The number of rotatable bonds is 0. The molecule has 0 atom stereocenters. The van der Waals surface area contributed by atoms with Gasteiger partial charge in [-0.1, -0.05) is 0 Å². The van der Waals surface area contributed by atoms with Crippen molar-refractivity contribution in [3.8, 4) is 0 Å². The summed E-state index contributed by atoms with van der Waals surface area (Å²) >= 11 is 0. The Morgan fingerprint density at radius 1 is 0.600 bits per heavy atom. The van der Waals surface area contributed by atoms with Gasteiger partial charge in [0.1, 0.15) is 0 Å². The highest BCUT2D eigenvalue weighted by atomic mass is 15.3. The zero-order valence-corrected chi connectivity index (χ0v) is 5.98. The van der Waals surface area contributed by atoms with Gasteiger partial charge in [-0.15, -0.1) is 0 Å². The number of hydrogen-bond acceptors (Lipinski definition) is 4. The summed E-state index contributed by atoms with van der Waals surface area (Å²) < 4.78 is 0. The van der Waals surface area contributed by atoms with Crippen LogP contribution in [0.1, 0.15) is 0 Å². The van der Waals surface area contributed by atoms with E-state index in [1.165, 1.54) is 0 Å². The van der Waals surface area contributed by atoms with Gasteiger partial charge in [-0.3, -0.25) is 21.3 Å². The molecule has 0 unspecified atom stereocenters. The second-order valence-electron chi connectivity index (χ2n) is 2.77. The fourth-order valence-electron chi connectivity index (χ4n) is 1.53. The Kier molecular flexibility index (Phi) is 1.86. The quantitative estimate of drug-likeness (QED) is 0.317. The summed E-state index contributed by atoms with van der Waals surface area (Å²) in [6.07, 6.45) is 0.866. The molecule has 0 aromatic rings. The Balaban J connectivity index is 1.93. The average Bonchev–Trinajstić information content (AvgIpc) is 2.05. The molecule has 4 N–H and O–H groups in total. The SMILES string of the molecule is C1CN[C@H]2NCCN[C@@H]2N1. The van der Waals surface area contributed by atoms with Crippen molar-refractivity contribution >= 4 is 0 Å². The van der Waals surface area contributed by atoms with Gasteiger partial charge in [0, 0.05) is 26.2 Å². The first kappa shape index (κ1) is 6.54. The summed E-state index contributed by atoms with van der Waals surface area (Å²) in [5, 5.41) is 13.5. The van der Waals surface area contributed by atoms with Crippen molar-refractivity contribution in [2.45, 2.75) is 12.3 Å². The van der Waals surface area contributed by atoms with Crippen LogP contribution in [-0.2, 0) is 0 Å². The third kappa shape index (κ3) is 1.15. The van der Waals surface area contributed by atoms with E-state index in [1.54, 1.807) is 0 Å². The molecule has 0 saturated carbocycles. The molecule has 0 spiro atoms. The Bertz CT molecular complexity index is 90.3. The second kappa shape index (κ2) is 2.84. The number of hydrogen-bond donors (Lipinski definition) is 4. The molecule has 2 aliphatic heterocycles. The third-order valence-corrected chi connectivity index (χ3v) is 2.04. The monoisotopic (exact) mass is 142 g/mol. The molecular weight excluding hydrogens is 128 g/mol.